The topological polar surface area (TPSA) is 50.1 Å². The van der Waals surface area contributed by atoms with Crippen molar-refractivity contribution in [2.75, 3.05) is 6.54 Å². The van der Waals surface area contributed by atoms with Gasteiger partial charge in [-0.05, 0) is 32.6 Å². The van der Waals surface area contributed by atoms with Crippen molar-refractivity contribution in [2.45, 2.75) is 51.8 Å². The highest BCUT2D eigenvalue weighted by atomic mass is 16.3. The molecular weight excluding hydrogens is 214 g/mol. The van der Waals surface area contributed by atoms with Crippen LogP contribution in [0.2, 0.25) is 0 Å². The number of aliphatic hydroxyl groups excluding tert-OH is 1. The normalized spacial score (nSPS) is 26.3. The Bertz CT molecular complexity index is 350. The predicted molar refractivity (Wildman–Crippen MR) is 67.7 cm³/mol. The molecule has 2 N–H and O–H groups in total. The second-order valence-corrected chi connectivity index (χ2v) is 5.02. The highest BCUT2D eigenvalue weighted by Gasteiger charge is 2.25. The maximum absolute atomic E-state index is 9.76. The average molecular weight is 237 g/mol. The van der Waals surface area contributed by atoms with Crippen molar-refractivity contribution < 1.29 is 5.11 Å². The van der Waals surface area contributed by atoms with Gasteiger partial charge >= 0.3 is 0 Å². The van der Waals surface area contributed by atoms with Crippen LogP contribution in [0.4, 0.5) is 0 Å². The fourth-order valence-corrected chi connectivity index (χ4v) is 2.48. The summed E-state index contributed by atoms with van der Waals surface area (Å²) in [5, 5.41) is 17.5. The SMILES string of the molecule is CCn1cc(C(C)NCC2CCCC2O)cn1. The first-order valence-corrected chi connectivity index (χ1v) is 6.64. The first kappa shape index (κ1) is 12.6. The minimum absolute atomic E-state index is 0.104. The van der Waals surface area contributed by atoms with Crippen molar-refractivity contribution >= 4 is 0 Å². The van der Waals surface area contributed by atoms with Crippen LogP contribution >= 0.6 is 0 Å². The fraction of sp³-hybridized carbons (Fsp3) is 0.769. The van der Waals surface area contributed by atoms with Gasteiger partial charge in [-0.1, -0.05) is 6.42 Å². The van der Waals surface area contributed by atoms with E-state index in [0.29, 0.717) is 12.0 Å². The average Bonchev–Trinajstić information content (AvgIpc) is 2.94. The van der Waals surface area contributed by atoms with Crippen molar-refractivity contribution in [1.29, 1.82) is 0 Å². The number of nitrogens with one attached hydrogen (secondary N) is 1. The third kappa shape index (κ3) is 3.07. The summed E-state index contributed by atoms with van der Waals surface area (Å²) in [5.41, 5.74) is 1.22. The van der Waals surface area contributed by atoms with Crippen molar-refractivity contribution in [3.05, 3.63) is 18.0 Å². The Labute approximate surface area is 103 Å². The monoisotopic (exact) mass is 237 g/mol. The van der Waals surface area contributed by atoms with E-state index in [2.05, 4.69) is 30.5 Å². The molecule has 1 aliphatic carbocycles. The molecule has 0 bridgehead atoms. The van der Waals surface area contributed by atoms with Gasteiger partial charge in [-0.25, -0.2) is 0 Å². The lowest BCUT2D eigenvalue weighted by atomic mass is 10.1. The zero-order valence-corrected chi connectivity index (χ0v) is 10.8. The summed E-state index contributed by atoms with van der Waals surface area (Å²) in [4.78, 5) is 0. The number of hydrogen-bond donors (Lipinski definition) is 2. The maximum atomic E-state index is 9.76. The van der Waals surface area contributed by atoms with Crippen LogP contribution in [0.5, 0.6) is 0 Å². The van der Waals surface area contributed by atoms with Gasteiger partial charge in [-0.2, -0.15) is 5.10 Å². The van der Waals surface area contributed by atoms with Crippen LogP contribution in [-0.2, 0) is 6.54 Å². The zero-order valence-electron chi connectivity index (χ0n) is 10.8. The summed E-state index contributed by atoms with van der Waals surface area (Å²) in [6.07, 6.45) is 7.18. The molecule has 0 saturated heterocycles. The fourth-order valence-electron chi connectivity index (χ4n) is 2.48. The Morgan fingerprint density at radius 2 is 2.41 bits per heavy atom. The Morgan fingerprint density at radius 3 is 3.00 bits per heavy atom. The minimum Gasteiger partial charge on any atom is -0.393 e. The van der Waals surface area contributed by atoms with Gasteiger partial charge in [0, 0.05) is 30.9 Å². The zero-order chi connectivity index (χ0) is 12.3. The van der Waals surface area contributed by atoms with Crippen LogP contribution in [0.3, 0.4) is 0 Å². The van der Waals surface area contributed by atoms with E-state index in [1.807, 2.05) is 10.9 Å². The Hall–Kier alpha value is -0.870. The van der Waals surface area contributed by atoms with E-state index < -0.39 is 0 Å². The Balaban J connectivity index is 1.82. The van der Waals surface area contributed by atoms with Crippen molar-refractivity contribution in [1.82, 2.24) is 15.1 Å². The Morgan fingerprint density at radius 1 is 1.59 bits per heavy atom. The lowest BCUT2D eigenvalue weighted by Crippen LogP contribution is -2.29. The molecule has 1 heterocycles. The molecule has 3 atom stereocenters. The standard InChI is InChI=1S/C13H23N3O/c1-3-16-9-12(8-15-16)10(2)14-7-11-5-4-6-13(11)17/h8-11,13-14,17H,3-7H2,1-2H3. The van der Waals surface area contributed by atoms with Crippen LogP contribution in [0, 0.1) is 5.92 Å². The van der Waals surface area contributed by atoms with Crippen molar-refractivity contribution in [3.63, 3.8) is 0 Å². The molecule has 3 unspecified atom stereocenters. The summed E-state index contributed by atoms with van der Waals surface area (Å²) >= 11 is 0. The lowest BCUT2D eigenvalue weighted by molar-refractivity contribution is 0.130. The summed E-state index contributed by atoms with van der Waals surface area (Å²) in [5.74, 6) is 0.429. The van der Waals surface area contributed by atoms with E-state index in [1.165, 1.54) is 5.56 Å². The molecule has 1 aliphatic rings. The Kier molecular flexibility index (Phi) is 4.18. The molecule has 1 fully saturated rings. The minimum atomic E-state index is -0.104. The quantitative estimate of drug-likeness (QED) is 0.819. The van der Waals surface area contributed by atoms with Gasteiger partial charge in [0.05, 0.1) is 12.3 Å². The van der Waals surface area contributed by atoms with Crippen LogP contribution in [-0.4, -0.2) is 27.5 Å². The number of aryl methyl sites for hydroxylation is 1. The number of aromatic nitrogens is 2. The maximum Gasteiger partial charge on any atom is 0.0580 e. The van der Waals surface area contributed by atoms with Gasteiger partial charge in [-0.15, -0.1) is 0 Å². The van der Waals surface area contributed by atoms with Gasteiger partial charge in [0.2, 0.25) is 0 Å². The van der Waals surface area contributed by atoms with E-state index in [-0.39, 0.29) is 6.10 Å². The van der Waals surface area contributed by atoms with E-state index in [9.17, 15) is 5.11 Å². The molecule has 1 saturated carbocycles. The van der Waals surface area contributed by atoms with Gasteiger partial charge in [0.15, 0.2) is 0 Å². The highest BCUT2D eigenvalue weighted by Crippen LogP contribution is 2.25. The first-order chi connectivity index (χ1) is 8.20. The summed E-state index contributed by atoms with van der Waals surface area (Å²) < 4.78 is 1.94. The van der Waals surface area contributed by atoms with Crippen LogP contribution < -0.4 is 5.32 Å². The third-order valence-corrected chi connectivity index (χ3v) is 3.78. The lowest BCUT2D eigenvalue weighted by Gasteiger charge is -2.18. The third-order valence-electron chi connectivity index (χ3n) is 3.78. The second-order valence-electron chi connectivity index (χ2n) is 5.02. The van der Waals surface area contributed by atoms with E-state index in [1.54, 1.807) is 0 Å². The number of aliphatic hydroxyl groups is 1. The molecule has 0 radical (unpaired) electrons. The molecule has 4 heteroatoms. The first-order valence-electron chi connectivity index (χ1n) is 6.64. The summed E-state index contributed by atoms with van der Waals surface area (Å²) in [7, 11) is 0. The molecule has 2 rings (SSSR count). The molecule has 0 spiro atoms. The molecule has 0 aromatic carbocycles. The second kappa shape index (κ2) is 5.65. The van der Waals surface area contributed by atoms with Crippen LogP contribution in [0.15, 0.2) is 12.4 Å². The number of nitrogens with zero attached hydrogens (tertiary/aromatic N) is 2. The van der Waals surface area contributed by atoms with E-state index in [4.69, 9.17) is 0 Å². The van der Waals surface area contributed by atoms with Gasteiger partial charge < -0.3 is 10.4 Å². The molecule has 4 nitrogen and oxygen atoms in total. The summed E-state index contributed by atoms with van der Waals surface area (Å²) in [6, 6.07) is 0.308. The van der Waals surface area contributed by atoms with E-state index >= 15 is 0 Å². The summed E-state index contributed by atoms with van der Waals surface area (Å²) in [6.45, 7) is 6.05. The molecule has 96 valence electrons. The molecule has 1 aromatic heterocycles. The number of hydrogen-bond acceptors (Lipinski definition) is 3. The smallest absolute Gasteiger partial charge is 0.0580 e. The molecule has 1 aromatic rings. The van der Waals surface area contributed by atoms with E-state index in [0.717, 1.165) is 32.4 Å². The van der Waals surface area contributed by atoms with Gasteiger partial charge in [-0.3, -0.25) is 4.68 Å². The van der Waals surface area contributed by atoms with Crippen LogP contribution in [0.1, 0.15) is 44.7 Å². The number of rotatable bonds is 5. The van der Waals surface area contributed by atoms with Gasteiger partial charge in [0.1, 0.15) is 0 Å². The predicted octanol–water partition coefficient (Wildman–Crippen LogP) is 1.71. The van der Waals surface area contributed by atoms with Gasteiger partial charge in [0.25, 0.3) is 0 Å². The molecule has 0 aliphatic heterocycles. The van der Waals surface area contributed by atoms with Crippen molar-refractivity contribution in [3.8, 4) is 0 Å². The largest absolute Gasteiger partial charge is 0.393 e. The highest BCUT2D eigenvalue weighted by molar-refractivity contribution is 5.09. The van der Waals surface area contributed by atoms with Crippen LogP contribution in [0.25, 0.3) is 0 Å². The molecule has 17 heavy (non-hydrogen) atoms. The molecule has 0 amide bonds. The van der Waals surface area contributed by atoms with Crippen molar-refractivity contribution in [2.24, 2.45) is 5.92 Å². The molecular formula is C13H23N3O.